The molecule has 0 heterocycles. The van der Waals surface area contributed by atoms with Crippen molar-refractivity contribution in [2.24, 2.45) is 0 Å². The molecule has 0 bridgehead atoms. The summed E-state index contributed by atoms with van der Waals surface area (Å²) in [6.45, 7) is 0. The minimum atomic E-state index is -2.17. The summed E-state index contributed by atoms with van der Waals surface area (Å²) in [6.07, 6.45) is 0. The van der Waals surface area contributed by atoms with E-state index in [1.807, 2.05) is 0 Å². The molecule has 0 aliphatic rings. The molecule has 0 aromatic carbocycles. The molecule has 0 fully saturated rings. The Balaban J connectivity index is -0.00000000482. The molecule has 0 saturated carbocycles. The Morgan fingerprint density at radius 1 is 0.222 bits per heavy atom. The summed E-state index contributed by atoms with van der Waals surface area (Å²) in [5.41, 5.74) is 0. The van der Waals surface area contributed by atoms with Crippen LogP contribution in [0.2, 0.25) is 0 Å². The van der Waals surface area contributed by atoms with E-state index in [1.54, 1.807) is 0 Å². The van der Waals surface area contributed by atoms with Gasteiger partial charge in [-0.1, -0.05) is 0 Å². The van der Waals surface area contributed by atoms with Crippen molar-refractivity contribution in [3.05, 3.63) is 0 Å². The van der Waals surface area contributed by atoms with Gasteiger partial charge in [0, 0.05) is 0 Å². The van der Waals surface area contributed by atoms with Crippen molar-refractivity contribution in [3.8, 4) is 0 Å². The molecule has 22 nitrogen and oxygen atoms in total. The Morgan fingerprint density at radius 2 is 0.222 bits per heavy atom. The first kappa shape index (κ1) is 121. The summed E-state index contributed by atoms with van der Waals surface area (Å²) in [4.78, 5) is 0. The fourth-order valence-corrected chi connectivity index (χ4v) is 0. The molecule has 178 valence electrons. The summed E-state index contributed by atoms with van der Waals surface area (Å²) < 4.78 is 0. The van der Waals surface area contributed by atoms with Gasteiger partial charge < -0.3 is 115 Å². The molecule has 0 aromatic rings. The van der Waals surface area contributed by atoms with Crippen LogP contribution >= 0.6 is 0 Å². The predicted octanol–water partition coefficient (Wildman–Crippen LogP) is -17.1. The van der Waals surface area contributed by atoms with Gasteiger partial charge in [-0.3, -0.25) is 0 Å². The molecule has 0 unspecified atom stereocenters. The van der Waals surface area contributed by atoms with E-state index in [4.69, 9.17) is 60.3 Å². The number of hydrogen-bond acceptors (Lipinski definition) is 12. The first-order chi connectivity index (χ1) is 6.93. The van der Waals surface area contributed by atoms with E-state index in [-0.39, 0.29) is 106 Å². The summed E-state index contributed by atoms with van der Waals surface area (Å²) in [7, 11) is -8.67. The predicted molar refractivity (Wildman–Crippen MR) is 92.9 cm³/mol. The molecule has 0 spiro atoms. The zero-order valence-corrected chi connectivity index (χ0v) is 12.7. The zero-order chi connectivity index (χ0) is 14.3. The monoisotopic (exact) mass is 468 g/mol. The SMILES string of the molecule is O.O.O.O.O.O.O.O.O.O.OB(O)O.OB(O)O.OB(O)O.OB(O)O.[KH]. The summed E-state index contributed by atoms with van der Waals surface area (Å²) in [5.74, 6) is 0. The van der Waals surface area contributed by atoms with Crippen LogP contribution in [0, 0.1) is 0 Å². The van der Waals surface area contributed by atoms with Crippen LogP contribution in [0.15, 0.2) is 0 Å². The Bertz CT molecular complexity index is 65.3. The molecular weight excluding hydrogens is 434 g/mol. The van der Waals surface area contributed by atoms with Crippen molar-refractivity contribution in [2.75, 3.05) is 0 Å². The summed E-state index contributed by atoms with van der Waals surface area (Å²) >= 11 is 0. The van der Waals surface area contributed by atoms with Crippen LogP contribution in [0.1, 0.15) is 0 Å². The van der Waals surface area contributed by atoms with E-state index in [0.29, 0.717) is 0 Å². The van der Waals surface area contributed by atoms with Crippen LogP contribution in [0.4, 0.5) is 0 Å². The van der Waals surface area contributed by atoms with Crippen molar-refractivity contribution in [1.82, 2.24) is 0 Å². The third kappa shape index (κ3) is 16400. The van der Waals surface area contributed by atoms with Crippen molar-refractivity contribution >= 4 is 80.7 Å². The van der Waals surface area contributed by atoms with Crippen LogP contribution < -0.4 is 0 Å². The fraction of sp³-hybridized carbons (Fsp3) is 0. The van der Waals surface area contributed by atoms with E-state index in [1.165, 1.54) is 0 Å². The van der Waals surface area contributed by atoms with Gasteiger partial charge in [0.25, 0.3) is 0 Å². The number of rotatable bonds is 0. The van der Waals surface area contributed by atoms with Gasteiger partial charge in [0.1, 0.15) is 0 Å². The Morgan fingerprint density at radius 3 is 0.222 bits per heavy atom. The third-order valence-electron chi connectivity index (χ3n) is 0. The number of hydrogen-bond donors (Lipinski definition) is 12. The third-order valence-corrected chi connectivity index (χ3v) is 0. The molecule has 0 rings (SSSR count). The molecule has 0 aromatic heterocycles. The van der Waals surface area contributed by atoms with Crippen LogP contribution in [0.3, 0.4) is 0 Å². The van der Waals surface area contributed by atoms with Crippen LogP contribution in [0.25, 0.3) is 0 Å². The zero-order valence-electron chi connectivity index (χ0n) is 12.7. The molecule has 0 saturated heterocycles. The second-order valence-corrected chi connectivity index (χ2v) is 1.39. The molecule has 27 heavy (non-hydrogen) atoms. The summed E-state index contributed by atoms with van der Waals surface area (Å²) in [6, 6.07) is 0. The fourth-order valence-electron chi connectivity index (χ4n) is 0. The van der Waals surface area contributed by atoms with Crippen LogP contribution in [-0.2, 0) is 0 Å². The first-order valence-corrected chi connectivity index (χ1v) is 3.10. The second kappa shape index (κ2) is 108. The molecule has 0 radical (unpaired) electrons. The van der Waals surface area contributed by atoms with E-state index in [9.17, 15) is 0 Å². The van der Waals surface area contributed by atoms with Gasteiger partial charge in [0.05, 0.1) is 0 Å². The molecule has 27 heteroatoms. The molecule has 0 aliphatic carbocycles. The first-order valence-electron chi connectivity index (χ1n) is 3.10. The molecule has 0 atom stereocenters. The molecular formula is H33B4KO22. The van der Waals surface area contributed by atoms with Crippen LogP contribution in [0.5, 0.6) is 0 Å². The van der Waals surface area contributed by atoms with Gasteiger partial charge in [-0.25, -0.2) is 0 Å². The maximum absolute atomic E-state index is 7.17. The topological polar surface area (TPSA) is 558 Å². The normalized spacial score (nSPS) is 4.00. The Hall–Kier alpha value is 1.02. The van der Waals surface area contributed by atoms with E-state index in [0.717, 1.165) is 0 Å². The van der Waals surface area contributed by atoms with Crippen molar-refractivity contribution < 1.29 is 115 Å². The van der Waals surface area contributed by atoms with E-state index >= 15 is 0 Å². The van der Waals surface area contributed by atoms with Gasteiger partial charge in [0.15, 0.2) is 0 Å². The van der Waals surface area contributed by atoms with Gasteiger partial charge in [0.2, 0.25) is 0 Å². The minimum absolute atomic E-state index is 0. The Kier molecular flexibility index (Phi) is 482. The maximum atomic E-state index is 7.17. The Labute approximate surface area is 194 Å². The average molecular weight is 468 g/mol. The van der Waals surface area contributed by atoms with Gasteiger partial charge >= 0.3 is 80.7 Å². The average Bonchev–Trinajstić information content (AvgIpc) is 1.76. The molecule has 0 amide bonds. The van der Waals surface area contributed by atoms with E-state index in [2.05, 4.69) is 0 Å². The van der Waals surface area contributed by atoms with Gasteiger partial charge in [-0.2, -0.15) is 0 Å². The van der Waals surface area contributed by atoms with Gasteiger partial charge in [-0.05, 0) is 0 Å². The van der Waals surface area contributed by atoms with Crippen molar-refractivity contribution in [2.45, 2.75) is 0 Å². The van der Waals surface area contributed by atoms with Crippen LogP contribution in [-0.4, -0.2) is 196 Å². The molecule has 32 N–H and O–H groups in total. The van der Waals surface area contributed by atoms with Crippen molar-refractivity contribution in [1.29, 1.82) is 0 Å². The quantitative estimate of drug-likeness (QED) is 0.148. The van der Waals surface area contributed by atoms with Crippen molar-refractivity contribution in [3.63, 3.8) is 0 Å². The summed E-state index contributed by atoms with van der Waals surface area (Å²) in [5, 5.41) is 86.0. The second-order valence-electron chi connectivity index (χ2n) is 1.39. The standard InChI is InChI=1S/4BH3O3.K.10H2O.H/c4*2-1(3)4;;;;;;;;;;;;/h4*2-4H;;10*1H2;. The van der Waals surface area contributed by atoms with E-state index < -0.39 is 29.3 Å². The molecule has 0 aliphatic heterocycles. The van der Waals surface area contributed by atoms with Gasteiger partial charge in [-0.15, -0.1) is 0 Å².